The Kier molecular flexibility index (Phi) is 8.64. The molecule has 2 aliphatic carbocycles. The van der Waals surface area contributed by atoms with Crippen LogP contribution in [0.3, 0.4) is 0 Å². The summed E-state index contributed by atoms with van der Waals surface area (Å²) in [5.41, 5.74) is 5.02. The van der Waals surface area contributed by atoms with Crippen molar-refractivity contribution in [3.05, 3.63) is 83.1 Å². The van der Waals surface area contributed by atoms with Crippen molar-refractivity contribution in [2.45, 2.75) is 52.0 Å². The third-order valence-electron chi connectivity index (χ3n) is 12.4. The number of fused-ring (bicyclic) bond motifs is 3. The van der Waals surface area contributed by atoms with E-state index in [1.165, 1.54) is 51.2 Å². The Labute approximate surface area is 322 Å². The van der Waals surface area contributed by atoms with E-state index >= 15 is 0 Å². The molecule has 288 valence electrons. The zero-order chi connectivity index (χ0) is 39.0. The maximum Gasteiger partial charge on any atom is 0.410 e. The minimum Gasteiger partial charge on any atom is -0.465 e. The zero-order valence-corrected chi connectivity index (χ0v) is 31.2. The number of nitrogens with zero attached hydrogens (tertiary/aromatic N) is 5. The molecule has 10 rings (SSSR count). The maximum atomic E-state index is 14.4. The van der Waals surface area contributed by atoms with Gasteiger partial charge in [-0.05, 0) is 111 Å². The van der Waals surface area contributed by atoms with Gasteiger partial charge in [0.05, 0.1) is 11.1 Å². The van der Waals surface area contributed by atoms with Crippen molar-refractivity contribution in [2.75, 3.05) is 42.9 Å². The average molecular weight is 760 g/mol. The summed E-state index contributed by atoms with van der Waals surface area (Å²) in [5, 5.41) is 14.5. The minimum absolute atomic E-state index is 0.130. The number of halogens is 1. The summed E-state index contributed by atoms with van der Waals surface area (Å²) in [6, 6.07) is 11.0. The van der Waals surface area contributed by atoms with Gasteiger partial charge in [0, 0.05) is 84.8 Å². The van der Waals surface area contributed by atoms with Crippen LogP contribution in [0.4, 0.5) is 20.7 Å². The van der Waals surface area contributed by atoms with Gasteiger partial charge in [-0.1, -0.05) is 0 Å². The van der Waals surface area contributed by atoms with Crippen molar-refractivity contribution in [3.8, 4) is 11.1 Å². The van der Waals surface area contributed by atoms with Crippen LogP contribution in [-0.2, 0) is 9.59 Å². The zero-order valence-electron chi connectivity index (χ0n) is 31.2. The van der Waals surface area contributed by atoms with Crippen LogP contribution in [0.15, 0.2) is 54.9 Å². The van der Waals surface area contributed by atoms with Gasteiger partial charge in [-0.2, -0.15) is 0 Å². The number of carbonyl (C=O) groups is 5. The van der Waals surface area contributed by atoms with Crippen LogP contribution in [0.2, 0.25) is 0 Å². The smallest absolute Gasteiger partial charge is 0.410 e. The van der Waals surface area contributed by atoms with Crippen molar-refractivity contribution >= 4 is 52.0 Å². The van der Waals surface area contributed by atoms with Gasteiger partial charge < -0.3 is 14.9 Å². The highest BCUT2D eigenvalue weighted by atomic mass is 19.1. The molecule has 3 unspecified atom stereocenters. The lowest BCUT2D eigenvalue weighted by Gasteiger charge is -2.60. The number of aryl methyl sites for hydroxylation is 2. The summed E-state index contributed by atoms with van der Waals surface area (Å²) < 4.78 is 14.4. The number of hydrogen-bond acceptors (Lipinski definition) is 9. The van der Waals surface area contributed by atoms with Gasteiger partial charge >= 0.3 is 6.09 Å². The monoisotopic (exact) mass is 759 g/mol. The standard InChI is InChI=1S/C25H28N4O4.C17H14FN3O2/c30-21-4-3-20(22(31)26-21)29-23(32)18-2-1-17(6-19(18)24(29)33)28-12-25(13-28)7-14(8-25)9-27-10-15-5-16(15)11-27;1-9-3-10(2)19-8-14(9)13-4-11-6-16(21-17(22)23)20-7-12(11)5-15(13)18/h1-2,6,14-16,20H,3-5,7-13H2,(H,26,30,31);3-8H,1-2H3,(H,20,21)(H,22,23). The highest BCUT2D eigenvalue weighted by Gasteiger charge is 2.54. The second-order valence-corrected chi connectivity index (χ2v) is 16.6. The van der Waals surface area contributed by atoms with Gasteiger partial charge in [0.15, 0.2) is 0 Å². The number of anilines is 2. The average Bonchev–Trinajstić information content (AvgIpc) is 3.65. The molecular weight excluding hydrogens is 718 g/mol. The Bertz CT molecular complexity index is 2340. The first kappa shape index (κ1) is 35.9. The first-order chi connectivity index (χ1) is 26.8. The molecule has 2 aromatic heterocycles. The second kappa shape index (κ2) is 13.5. The van der Waals surface area contributed by atoms with Crippen LogP contribution >= 0.6 is 0 Å². The topological polar surface area (TPSA) is 165 Å². The number of imide groups is 2. The first-order valence-corrected chi connectivity index (χ1v) is 19.2. The van der Waals surface area contributed by atoms with Crippen LogP contribution in [0, 0.1) is 42.8 Å². The quantitative estimate of drug-likeness (QED) is 0.217. The fourth-order valence-electron chi connectivity index (χ4n) is 9.69. The molecule has 3 N–H and O–H groups in total. The molecule has 5 amide bonds. The molecule has 1 spiro atoms. The van der Waals surface area contributed by atoms with Gasteiger partial charge in [-0.15, -0.1) is 0 Å². The summed E-state index contributed by atoms with van der Waals surface area (Å²) >= 11 is 0. The Balaban J connectivity index is 0.000000157. The van der Waals surface area contributed by atoms with Crippen LogP contribution in [0.1, 0.15) is 64.1 Å². The number of aromatic nitrogens is 2. The lowest BCUT2D eigenvalue weighted by Crippen LogP contribution is -2.63. The molecule has 3 atom stereocenters. The van der Waals surface area contributed by atoms with Crippen molar-refractivity contribution in [1.82, 2.24) is 25.1 Å². The molecule has 5 fully saturated rings. The summed E-state index contributed by atoms with van der Waals surface area (Å²) in [6.07, 6.45) is 6.24. The van der Waals surface area contributed by atoms with Gasteiger partial charge in [0.2, 0.25) is 11.8 Å². The predicted molar refractivity (Wildman–Crippen MR) is 205 cm³/mol. The molecule has 4 aromatic rings. The molecule has 2 aromatic carbocycles. The highest BCUT2D eigenvalue weighted by Crippen LogP contribution is 2.54. The predicted octanol–water partition coefficient (Wildman–Crippen LogP) is 5.40. The number of benzene rings is 2. The number of carbonyl (C=O) groups excluding carboxylic acids is 4. The first-order valence-electron chi connectivity index (χ1n) is 19.2. The Morgan fingerprint density at radius 1 is 0.911 bits per heavy atom. The Hall–Kier alpha value is -5.76. The maximum absolute atomic E-state index is 14.4. The molecule has 6 heterocycles. The third kappa shape index (κ3) is 6.55. The second-order valence-electron chi connectivity index (χ2n) is 16.6. The Morgan fingerprint density at radius 3 is 2.38 bits per heavy atom. The van der Waals surface area contributed by atoms with Crippen molar-refractivity contribution < 1.29 is 33.5 Å². The summed E-state index contributed by atoms with van der Waals surface area (Å²) in [7, 11) is 0. The number of pyridine rings is 2. The molecule has 56 heavy (non-hydrogen) atoms. The van der Waals surface area contributed by atoms with Gasteiger partial charge in [-0.3, -0.25) is 39.7 Å². The number of nitrogens with one attached hydrogen (secondary N) is 2. The van der Waals surface area contributed by atoms with E-state index in [0.717, 1.165) is 52.7 Å². The molecule has 2 saturated carbocycles. The molecular formula is C42H42FN7O6. The van der Waals surface area contributed by atoms with E-state index in [4.69, 9.17) is 5.11 Å². The van der Waals surface area contributed by atoms with Crippen LogP contribution in [0.5, 0.6) is 0 Å². The number of rotatable bonds is 6. The van der Waals surface area contributed by atoms with Crippen molar-refractivity contribution in [3.63, 3.8) is 0 Å². The molecule has 6 aliphatic rings. The summed E-state index contributed by atoms with van der Waals surface area (Å²) in [6.45, 7) is 9.69. The van der Waals surface area contributed by atoms with Gasteiger partial charge in [-0.25, -0.2) is 14.2 Å². The Morgan fingerprint density at radius 2 is 1.66 bits per heavy atom. The van der Waals surface area contributed by atoms with Crippen LogP contribution in [-0.4, -0.2) is 93.4 Å². The highest BCUT2D eigenvalue weighted by molar-refractivity contribution is 6.23. The van der Waals surface area contributed by atoms with E-state index in [1.54, 1.807) is 30.5 Å². The van der Waals surface area contributed by atoms with Crippen molar-refractivity contribution in [1.29, 1.82) is 0 Å². The minimum atomic E-state index is -1.20. The normalized spacial score (nSPS) is 23.6. The van der Waals surface area contributed by atoms with Crippen LogP contribution < -0.4 is 15.5 Å². The molecule has 0 bridgehead atoms. The largest absolute Gasteiger partial charge is 0.465 e. The molecule has 14 heteroatoms. The molecule has 4 aliphatic heterocycles. The number of carboxylic acid groups (broad SMARTS) is 1. The molecule has 13 nitrogen and oxygen atoms in total. The fourth-order valence-corrected chi connectivity index (χ4v) is 9.69. The van der Waals surface area contributed by atoms with Crippen LogP contribution in [0.25, 0.3) is 21.9 Å². The number of amides is 5. The molecule has 0 radical (unpaired) electrons. The van der Waals surface area contributed by atoms with Gasteiger partial charge in [0.25, 0.3) is 11.8 Å². The van der Waals surface area contributed by atoms with E-state index < -0.39 is 29.9 Å². The number of piperidine rings is 2. The van der Waals surface area contributed by atoms with E-state index in [-0.39, 0.29) is 30.4 Å². The van der Waals surface area contributed by atoms with E-state index in [9.17, 15) is 28.4 Å². The lowest BCUT2D eigenvalue weighted by atomic mass is 9.57. The SMILES string of the molecule is Cc1cc(C)c(-c2cc3cc(NC(=O)O)ncc3cc2F)cn1.O=C1CCC(N2C(=O)c3ccc(N4CC5(CC(CN6CC7CC7C6)C5)C4)cc3C2=O)C(=O)N1. The third-order valence-corrected chi connectivity index (χ3v) is 12.4. The van der Waals surface area contributed by atoms with Crippen molar-refractivity contribution in [2.24, 2.45) is 23.2 Å². The number of likely N-dealkylation sites (tertiary alicyclic amines) is 1. The van der Waals surface area contributed by atoms with E-state index in [0.29, 0.717) is 38.4 Å². The summed E-state index contributed by atoms with van der Waals surface area (Å²) in [5.74, 6) is 0.830. The summed E-state index contributed by atoms with van der Waals surface area (Å²) in [4.78, 5) is 74.5. The molecule has 3 saturated heterocycles. The van der Waals surface area contributed by atoms with Gasteiger partial charge in [0.1, 0.15) is 17.7 Å². The van der Waals surface area contributed by atoms with E-state index in [2.05, 4.69) is 30.4 Å². The number of hydrogen-bond donors (Lipinski definition) is 3. The van der Waals surface area contributed by atoms with E-state index in [1.807, 2.05) is 26.0 Å². The fraction of sp³-hybridized carbons (Fsp3) is 0.405. The lowest BCUT2D eigenvalue weighted by molar-refractivity contribution is -0.136.